The SMILES string of the molecule is CN(C)S(=O)(=O)c1ccc(NC(C)(C)C2CC2)nc1. The second kappa shape index (κ2) is 4.76. The molecule has 2 rings (SSSR count). The number of hydrogen-bond acceptors (Lipinski definition) is 4. The van der Waals surface area contributed by atoms with E-state index in [0.29, 0.717) is 5.92 Å². The third-order valence-corrected chi connectivity index (χ3v) is 5.36. The van der Waals surface area contributed by atoms with E-state index in [0.717, 1.165) is 5.82 Å². The van der Waals surface area contributed by atoms with Crippen LogP contribution in [0.4, 0.5) is 5.82 Å². The number of nitrogens with zero attached hydrogens (tertiary/aromatic N) is 2. The van der Waals surface area contributed by atoms with E-state index < -0.39 is 10.0 Å². The molecule has 0 spiro atoms. The van der Waals surface area contributed by atoms with Gasteiger partial charge in [0.15, 0.2) is 0 Å². The second-order valence-electron chi connectivity index (χ2n) is 5.79. The van der Waals surface area contributed by atoms with E-state index in [9.17, 15) is 8.42 Å². The van der Waals surface area contributed by atoms with Gasteiger partial charge in [-0.05, 0) is 44.7 Å². The molecule has 1 heterocycles. The third-order valence-electron chi connectivity index (χ3n) is 3.56. The van der Waals surface area contributed by atoms with Gasteiger partial charge >= 0.3 is 0 Å². The number of aromatic nitrogens is 1. The predicted molar refractivity (Wildman–Crippen MR) is 75.5 cm³/mol. The van der Waals surface area contributed by atoms with Crippen LogP contribution < -0.4 is 5.32 Å². The van der Waals surface area contributed by atoms with Crippen molar-refractivity contribution in [2.45, 2.75) is 37.1 Å². The Labute approximate surface area is 115 Å². The van der Waals surface area contributed by atoms with Gasteiger partial charge in [-0.1, -0.05) is 0 Å². The summed E-state index contributed by atoms with van der Waals surface area (Å²) in [5.41, 5.74) is 0.00887. The summed E-state index contributed by atoms with van der Waals surface area (Å²) in [5.74, 6) is 1.40. The Kier molecular flexibility index (Phi) is 3.57. The molecule has 106 valence electrons. The first-order valence-electron chi connectivity index (χ1n) is 6.40. The lowest BCUT2D eigenvalue weighted by Crippen LogP contribution is -2.33. The Morgan fingerprint density at radius 2 is 1.95 bits per heavy atom. The summed E-state index contributed by atoms with van der Waals surface area (Å²) in [6.07, 6.45) is 3.89. The van der Waals surface area contributed by atoms with Crippen LogP contribution in [0.2, 0.25) is 0 Å². The van der Waals surface area contributed by atoms with Gasteiger partial charge in [-0.25, -0.2) is 17.7 Å². The Bertz CT molecular complexity index is 546. The fourth-order valence-electron chi connectivity index (χ4n) is 2.05. The minimum atomic E-state index is -3.40. The largest absolute Gasteiger partial charge is 0.365 e. The summed E-state index contributed by atoms with van der Waals surface area (Å²) in [6.45, 7) is 4.30. The van der Waals surface area contributed by atoms with Gasteiger partial charge in [0.25, 0.3) is 0 Å². The molecule has 0 aliphatic heterocycles. The first-order chi connectivity index (χ1) is 8.73. The molecule has 19 heavy (non-hydrogen) atoms. The predicted octanol–water partition coefficient (Wildman–Crippen LogP) is 1.93. The standard InChI is InChI=1S/C13H21N3O2S/c1-13(2,10-5-6-10)15-12-8-7-11(9-14-12)19(17,18)16(3)4/h7-10H,5-6H2,1-4H3,(H,14,15). The van der Waals surface area contributed by atoms with Gasteiger partial charge in [-0.15, -0.1) is 0 Å². The van der Waals surface area contributed by atoms with Crippen LogP contribution in [-0.2, 0) is 10.0 Å². The summed E-state index contributed by atoms with van der Waals surface area (Å²) in [7, 11) is -0.375. The van der Waals surface area contributed by atoms with Crippen LogP contribution in [0.25, 0.3) is 0 Å². The quantitative estimate of drug-likeness (QED) is 0.897. The molecule has 0 atom stereocenters. The highest BCUT2D eigenvalue weighted by Gasteiger charge is 2.37. The number of anilines is 1. The molecule has 0 amide bonds. The van der Waals surface area contributed by atoms with Crippen molar-refractivity contribution in [2.75, 3.05) is 19.4 Å². The molecule has 0 saturated heterocycles. The molecule has 1 N–H and O–H groups in total. The smallest absolute Gasteiger partial charge is 0.244 e. The zero-order valence-corrected chi connectivity index (χ0v) is 12.7. The molecule has 0 bridgehead atoms. The van der Waals surface area contributed by atoms with Crippen molar-refractivity contribution in [3.8, 4) is 0 Å². The highest BCUT2D eigenvalue weighted by atomic mass is 32.2. The van der Waals surface area contributed by atoms with Crippen LogP contribution in [0, 0.1) is 5.92 Å². The Morgan fingerprint density at radius 3 is 2.37 bits per heavy atom. The molecular weight excluding hydrogens is 262 g/mol. The van der Waals surface area contributed by atoms with Gasteiger partial charge in [0.1, 0.15) is 10.7 Å². The summed E-state index contributed by atoms with van der Waals surface area (Å²) < 4.78 is 25.0. The van der Waals surface area contributed by atoms with Crippen molar-refractivity contribution in [2.24, 2.45) is 5.92 Å². The van der Waals surface area contributed by atoms with Gasteiger partial charge in [0.2, 0.25) is 10.0 Å². The van der Waals surface area contributed by atoms with Crippen LogP contribution in [0.1, 0.15) is 26.7 Å². The van der Waals surface area contributed by atoms with Crippen LogP contribution in [0.3, 0.4) is 0 Å². The van der Waals surface area contributed by atoms with E-state index in [1.165, 1.54) is 37.4 Å². The molecule has 1 aromatic heterocycles. The lowest BCUT2D eigenvalue weighted by Gasteiger charge is -2.26. The van der Waals surface area contributed by atoms with Gasteiger partial charge in [0, 0.05) is 25.8 Å². The average Bonchev–Trinajstić information content (AvgIpc) is 3.13. The fourth-order valence-corrected chi connectivity index (χ4v) is 2.90. The number of sulfonamides is 1. The summed E-state index contributed by atoms with van der Waals surface area (Å²) in [6, 6.07) is 3.31. The van der Waals surface area contributed by atoms with Crippen LogP contribution in [-0.4, -0.2) is 37.3 Å². The number of rotatable bonds is 5. The van der Waals surface area contributed by atoms with Gasteiger partial charge < -0.3 is 5.32 Å². The van der Waals surface area contributed by atoms with Crippen molar-refractivity contribution in [3.05, 3.63) is 18.3 Å². The molecule has 1 aromatic rings. The molecule has 0 radical (unpaired) electrons. The molecule has 1 aliphatic carbocycles. The van der Waals surface area contributed by atoms with E-state index in [4.69, 9.17) is 0 Å². The van der Waals surface area contributed by atoms with E-state index in [1.807, 2.05) is 0 Å². The zero-order chi connectivity index (χ0) is 14.3. The summed E-state index contributed by atoms with van der Waals surface area (Å²) in [5, 5.41) is 3.37. The van der Waals surface area contributed by atoms with Crippen LogP contribution in [0.5, 0.6) is 0 Å². The first-order valence-corrected chi connectivity index (χ1v) is 7.84. The topological polar surface area (TPSA) is 62.3 Å². The minimum Gasteiger partial charge on any atom is -0.365 e. The highest BCUT2D eigenvalue weighted by Crippen LogP contribution is 2.40. The van der Waals surface area contributed by atoms with Crippen molar-refractivity contribution in [3.63, 3.8) is 0 Å². The normalized spacial score (nSPS) is 16.7. The maximum absolute atomic E-state index is 11.9. The molecule has 1 aliphatic rings. The van der Waals surface area contributed by atoms with Crippen LogP contribution in [0.15, 0.2) is 23.2 Å². The lowest BCUT2D eigenvalue weighted by atomic mass is 9.99. The van der Waals surface area contributed by atoms with E-state index in [-0.39, 0.29) is 10.4 Å². The number of pyridine rings is 1. The maximum atomic E-state index is 11.9. The highest BCUT2D eigenvalue weighted by molar-refractivity contribution is 7.89. The second-order valence-corrected chi connectivity index (χ2v) is 7.94. The molecule has 0 aromatic carbocycles. The molecule has 5 nitrogen and oxygen atoms in total. The monoisotopic (exact) mass is 283 g/mol. The molecular formula is C13H21N3O2S. The lowest BCUT2D eigenvalue weighted by molar-refractivity contribution is 0.492. The third kappa shape index (κ3) is 3.06. The zero-order valence-electron chi connectivity index (χ0n) is 11.8. The van der Waals surface area contributed by atoms with E-state index in [2.05, 4.69) is 24.1 Å². The summed E-state index contributed by atoms with van der Waals surface area (Å²) >= 11 is 0. The maximum Gasteiger partial charge on any atom is 0.244 e. The van der Waals surface area contributed by atoms with Crippen molar-refractivity contribution >= 4 is 15.8 Å². The Balaban J connectivity index is 2.15. The van der Waals surface area contributed by atoms with Crippen LogP contribution >= 0.6 is 0 Å². The number of hydrogen-bond donors (Lipinski definition) is 1. The van der Waals surface area contributed by atoms with E-state index >= 15 is 0 Å². The van der Waals surface area contributed by atoms with Crippen molar-refractivity contribution in [1.29, 1.82) is 0 Å². The molecule has 0 unspecified atom stereocenters. The average molecular weight is 283 g/mol. The number of nitrogens with one attached hydrogen (secondary N) is 1. The van der Waals surface area contributed by atoms with Gasteiger partial charge in [0.05, 0.1) is 0 Å². The van der Waals surface area contributed by atoms with Gasteiger partial charge in [-0.3, -0.25) is 0 Å². The van der Waals surface area contributed by atoms with E-state index in [1.54, 1.807) is 12.1 Å². The molecule has 6 heteroatoms. The minimum absolute atomic E-state index is 0.00887. The van der Waals surface area contributed by atoms with Crippen molar-refractivity contribution in [1.82, 2.24) is 9.29 Å². The Morgan fingerprint density at radius 1 is 1.32 bits per heavy atom. The molecule has 1 fully saturated rings. The van der Waals surface area contributed by atoms with Crippen molar-refractivity contribution < 1.29 is 8.42 Å². The summed E-state index contributed by atoms with van der Waals surface area (Å²) in [4.78, 5) is 4.42. The Hall–Kier alpha value is -1.14. The van der Waals surface area contributed by atoms with Gasteiger partial charge in [-0.2, -0.15) is 0 Å². The molecule has 1 saturated carbocycles. The first kappa shape index (κ1) is 14.3. The fraction of sp³-hybridized carbons (Fsp3) is 0.615.